The summed E-state index contributed by atoms with van der Waals surface area (Å²) < 4.78 is 0. The number of likely N-dealkylation sites (tertiary alicyclic amines) is 1. The molecule has 1 aromatic carbocycles. The second-order valence-corrected chi connectivity index (χ2v) is 5.32. The molecule has 0 aliphatic carbocycles. The highest BCUT2D eigenvalue weighted by molar-refractivity contribution is 5.94. The molecule has 1 aliphatic heterocycles. The standard InChI is InChI=1S/C15H21N3O3/c19-15(13-6-5-7-14(12-13)18(20)21)16-8-1-2-9-17-10-3-4-11-17/h5-7,12H,1-4,8-11H2,(H,16,19). The number of nitrogens with one attached hydrogen (secondary N) is 1. The van der Waals surface area contributed by atoms with E-state index < -0.39 is 4.92 Å². The Bertz CT molecular complexity index is 499. The van der Waals surface area contributed by atoms with Crippen LogP contribution in [0.4, 0.5) is 5.69 Å². The smallest absolute Gasteiger partial charge is 0.270 e. The Kier molecular flexibility index (Phi) is 5.68. The molecule has 114 valence electrons. The third kappa shape index (κ3) is 4.82. The Morgan fingerprint density at radius 3 is 2.76 bits per heavy atom. The Hall–Kier alpha value is -1.95. The van der Waals surface area contributed by atoms with Gasteiger partial charge in [-0.25, -0.2) is 0 Å². The average molecular weight is 291 g/mol. The van der Waals surface area contributed by atoms with E-state index in [-0.39, 0.29) is 11.6 Å². The lowest BCUT2D eigenvalue weighted by Crippen LogP contribution is -2.26. The number of nitrogens with zero attached hydrogens (tertiary/aromatic N) is 2. The van der Waals surface area contributed by atoms with Crippen LogP contribution in [-0.2, 0) is 0 Å². The molecule has 0 unspecified atom stereocenters. The summed E-state index contributed by atoms with van der Waals surface area (Å²) in [5.41, 5.74) is 0.278. The van der Waals surface area contributed by atoms with Crippen LogP contribution in [0.2, 0.25) is 0 Å². The summed E-state index contributed by atoms with van der Waals surface area (Å²) in [6, 6.07) is 5.80. The number of non-ortho nitro benzene ring substituents is 1. The minimum Gasteiger partial charge on any atom is -0.352 e. The fourth-order valence-corrected chi connectivity index (χ4v) is 2.53. The Morgan fingerprint density at radius 2 is 2.05 bits per heavy atom. The first-order valence-corrected chi connectivity index (χ1v) is 7.42. The molecule has 6 heteroatoms. The van der Waals surface area contributed by atoms with Gasteiger partial charge in [0.15, 0.2) is 0 Å². The predicted octanol–water partition coefficient (Wildman–Crippen LogP) is 2.20. The number of benzene rings is 1. The first-order valence-electron chi connectivity index (χ1n) is 7.42. The van der Waals surface area contributed by atoms with Crippen molar-refractivity contribution in [1.82, 2.24) is 10.2 Å². The summed E-state index contributed by atoms with van der Waals surface area (Å²) in [4.78, 5) is 24.5. The molecule has 0 saturated carbocycles. The van der Waals surface area contributed by atoms with E-state index >= 15 is 0 Å². The van der Waals surface area contributed by atoms with E-state index in [9.17, 15) is 14.9 Å². The molecule has 1 amide bonds. The molecule has 0 bridgehead atoms. The molecule has 1 aliphatic rings. The lowest BCUT2D eigenvalue weighted by Gasteiger charge is -2.14. The molecule has 0 spiro atoms. The molecule has 0 radical (unpaired) electrons. The van der Waals surface area contributed by atoms with Crippen LogP contribution < -0.4 is 5.32 Å². The van der Waals surface area contributed by atoms with Crippen molar-refractivity contribution in [1.29, 1.82) is 0 Å². The van der Waals surface area contributed by atoms with Gasteiger partial charge in [0.25, 0.3) is 11.6 Å². The van der Waals surface area contributed by atoms with Gasteiger partial charge in [0.2, 0.25) is 0 Å². The van der Waals surface area contributed by atoms with Crippen molar-refractivity contribution in [3.63, 3.8) is 0 Å². The molecule has 1 saturated heterocycles. The van der Waals surface area contributed by atoms with E-state index in [0.717, 1.165) is 19.4 Å². The summed E-state index contributed by atoms with van der Waals surface area (Å²) in [6.45, 7) is 4.09. The molecule has 1 aromatic rings. The van der Waals surface area contributed by atoms with Crippen LogP contribution in [0.1, 0.15) is 36.0 Å². The maximum absolute atomic E-state index is 11.9. The second-order valence-electron chi connectivity index (χ2n) is 5.32. The average Bonchev–Trinajstić information content (AvgIpc) is 3.00. The minimum atomic E-state index is -0.493. The van der Waals surface area contributed by atoms with Gasteiger partial charge >= 0.3 is 0 Å². The van der Waals surface area contributed by atoms with Gasteiger partial charge in [-0.3, -0.25) is 14.9 Å². The molecule has 0 atom stereocenters. The highest BCUT2D eigenvalue weighted by atomic mass is 16.6. The van der Waals surface area contributed by atoms with Crippen molar-refractivity contribution in [2.45, 2.75) is 25.7 Å². The molecule has 21 heavy (non-hydrogen) atoms. The fourth-order valence-electron chi connectivity index (χ4n) is 2.53. The number of carbonyl (C=O) groups is 1. The zero-order valence-electron chi connectivity index (χ0n) is 12.1. The number of nitro groups is 1. The van der Waals surface area contributed by atoms with Gasteiger partial charge in [0.1, 0.15) is 0 Å². The van der Waals surface area contributed by atoms with Crippen LogP contribution in [0, 0.1) is 10.1 Å². The zero-order chi connectivity index (χ0) is 15.1. The summed E-state index contributed by atoms with van der Waals surface area (Å²) >= 11 is 0. The Morgan fingerprint density at radius 1 is 1.29 bits per heavy atom. The number of hydrogen-bond donors (Lipinski definition) is 1. The van der Waals surface area contributed by atoms with E-state index in [1.54, 1.807) is 6.07 Å². The van der Waals surface area contributed by atoms with E-state index in [0.29, 0.717) is 12.1 Å². The van der Waals surface area contributed by atoms with Crippen molar-refractivity contribution < 1.29 is 9.72 Å². The molecule has 0 aromatic heterocycles. The molecule has 2 rings (SSSR count). The van der Waals surface area contributed by atoms with Crippen LogP contribution in [0.5, 0.6) is 0 Å². The summed E-state index contributed by atoms with van der Waals surface area (Å²) in [5.74, 6) is -0.250. The summed E-state index contributed by atoms with van der Waals surface area (Å²) in [7, 11) is 0. The van der Waals surface area contributed by atoms with Crippen LogP contribution in [0.25, 0.3) is 0 Å². The van der Waals surface area contributed by atoms with Gasteiger partial charge in [-0.05, 0) is 51.4 Å². The number of carbonyl (C=O) groups excluding carboxylic acids is 1. The lowest BCUT2D eigenvalue weighted by atomic mass is 10.2. The summed E-state index contributed by atoms with van der Waals surface area (Å²) in [6.07, 6.45) is 4.58. The number of nitro benzene ring substituents is 1. The van der Waals surface area contributed by atoms with Gasteiger partial charge in [-0.1, -0.05) is 6.07 Å². The van der Waals surface area contributed by atoms with Gasteiger partial charge in [0, 0.05) is 24.2 Å². The van der Waals surface area contributed by atoms with E-state index in [1.165, 1.54) is 44.1 Å². The molecular weight excluding hydrogens is 270 g/mol. The monoisotopic (exact) mass is 291 g/mol. The van der Waals surface area contributed by atoms with Gasteiger partial charge in [-0.15, -0.1) is 0 Å². The largest absolute Gasteiger partial charge is 0.352 e. The van der Waals surface area contributed by atoms with Crippen LogP contribution >= 0.6 is 0 Å². The molecule has 1 heterocycles. The number of rotatable bonds is 7. The van der Waals surface area contributed by atoms with Crippen LogP contribution in [0.15, 0.2) is 24.3 Å². The highest BCUT2D eigenvalue weighted by Gasteiger charge is 2.12. The van der Waals surface area contributed by atoms with Gasteiger partial charge in [-0.2, -0.15) is 0 Å². The second kappa shape index (κ2) is 7.73. The minimum absolute atomic E-state index is 0.0586. The predicted molar refractivity (Wildman–Crippen MR) is 80.3 cm³/mol. The molecule has 6 nitrogen and oxygen atoms in total. The number of unbranched alkanes of at least 4 members (excludes halogenated alkanes) is 1. The number of amides is 1. The number of hydrogen-bond acceptors (Lipinski definition) is 4. The maximum Gasteiger partial charge on any atom is 0.270 e. The third-order valence-electron chi connectivity index (χ3n) is 3.70. The molecular formula is C15H21N3O3. The first kappa shape index (κ1) is 15.4. The van der Waals surface area contributed by atoms with Crippen molar-refractivity contribution in [3.8, 4) is 0 Å². The van der Waals surface area contributed by atoms with E-state index in [2.05, 4.69) is 10.2 Å². The van der Waals surface area contributed by atoms with Crippen molar-refractivity contribution >= 4 is 11.6 Å². The first-order chi connectivity index (χ1) is 10.2. The zero-order valence-corrected chi connectivity index (χ0v) is 12.1. The van der Waals surface area contributed by atoms with E-state index in [4.69, 9.17) is 0 Å². The van der Waals surface area contributed by atoms with Crippen LogP contribution in [0.3, 0.4) is 0 Å². The van der Waals surface area contributed by atoms with Crippen molar-refractivity contribution in [2.75, 3.05) is 26.2 Å². The fraction of sp³-hybridized carbons (Fsp3) is 0.533. The molecule has 1 N–H and O–H groups in total. The lowest BCUT2D eigenvalue weighted by molar-refractivity contribution is -0.384. The summed E-state index contributed by atoms with van der Waals surface area (Å²) in [5, 5.41) is 13.5. The van der Waals surface area contributed by atoms with Gasteiger partial charge in [0.05, 0.1) is 4.92 Å². The normalized spacial score (nSPS) is 15.0. The highest BCUT2D eigenvalue weighted by Crippen LogP contribution is 2.13. The van der Waals surface area contributed by atoms with Crippen molar-refractivity contribution in [2.24, 2.45) is 0 Å². The quantitative estimate of drug-likeness (QED) is 0.475. The molecule has 1 fully saturated rings. The Balaban J connectivity index is 1.69. The van der Waals surface area contributed by atoms with E-state index in [1.807, 2.05) is 0 Å². The Labute approximate surface area is 124 Å². The maximum atomic E-state index is 11.9. The van der Waals surface area contributed by atoms with Crippen LogP contribution in [-0.4, -0.2) is 41.9 Å². The third-order valence-corrected chi connectivity index (χ3v) is 3.70. The topological polar surface area (TPSA) is 75.5 Å². The van der Waals surface area contributed by atoms with Gasteiger partial charge < -0.3 is 10.2 Å². The van der Waals surface area contributed by atoms with Crippen molar-refractivity contribution in [3.05, 3.63) is 39.9 Å². The SMILES string of the molecule is O=C(NCCCCN1CCCC1)c1cccc([N+](=O)[O-])c1.